The molecule has 33 heavy (non-hydrogen) atoms. The maximum absolute atomic E-state index is 13.6. The highest BCUT2D eigenvalue weighted by molar-refractivity contribution is 6.22. The van der Waals surface area contributed by atoms with E-state index in [4.69, 9.17) is 5.73 Å². The molecule has 0 aliphatic heterocycles. The van der Waals surface area contributed by atoms with Gasteiger partial charge in [-0.1, -0.05) is 13.8 Å². The summed E-state index contributed by atoms with van der Waals surface area (Å²) in [5.41, 5.74) is 3.88. The van der Waals surface area contributed by atoms with Crippen molar-refractivity contribution in [2.75, 3.05) is 19.0 Å². The molecule has 9 nitrogen and oxygen atoms in total. The Morgan fingerprint density at radius 2 is 1.82 bits per heavy atom. The van der Waals surface area contributed by atoms with Crippen LogP contribution in [-0.2, 0) is 20.8 Å². The molecule has 1 saturated carbocycles. The van der Waals surface area contributed by atoms with Gasteiger partial charge in [-0.25, -0.2) is 0 Å². The molecule has 3 atom stereocenters. The van der Waals surface area contributed by atoms with E-state index in [2.05, 4.69) is 0 Å². The minimum atomic E-state index is -2.55. The first kappa shape index (κ1) is 22.8. The molecule has 1 fully saturated rings. The molecule has 0 aromatic heterocycles. The second-order valence-corrected chi connectivity index (χ2v) is 9.64. The van der Waals surface area contributed by atoms with Crippen molar-refractivity contribution >= 4 is 28.9 Å². The van der Waals surface area contributed by atoms with Crippen molar-refractivity contribution in [3.63, 3.8) is 0 Å². The minimum absolute atomic E-state index is 0.0744. The van der Waals surface area contributed by atoms with Crippen molar-refractivity contribution in [2.45, 2.75) is 44.6 Å². The smallest absolute Gasteiger partial charge is 0.255 e. The van der Waals surface area contributed by atoms with Gasteiger partial charge in [0.1, 0.15) is 22.8 Å². The average molecular weight is 456 g/mol. The summed E-state index contributed by atoms with van der Waals surface area (Å²) in [6, 6.07) is 1.86. The number of rotatable bonds is 3. The number of aliphatic hydroxyl groups excluding tert-OH is 2. The SMILES string of the molecule is CC(C)c1cc(N(C)C)c2c(c1O)C(O)=C1C(=O)[C@]3(O)C(O)=C(C(N)=O)C(=O)C[C@@H]3C[C@@H]1C2. The molecule has 1 amide bonds. The molecule has 1 aromatic rings. The van der Waals surface area contributed by atoms with Crippen molar-refractivity contribution in [1.29, 1.82) is 0 Å². The molecule has 0 unspecified atom stereocenters. The third-order valence-corrected chi connectivity index (χ3v) is 7.17. The molecule has 4 rings (SSSR count). The van der Waals surface area contributed by atoms with Crippen molar-refractivity contribution in [3.05, 3.63) is 39.7 Å². The van der Waals surface area contributed by atoms with Gasteiger partial charge in [0.05, 0.1) is 5.56 Å². The number of nitrogens with zero attached hydrogens (tertiary/aromatic N) is 1. The molecule has 0 spiro atoms. The third-order valence-electron chi connectivity index (χ3n) is 7.17. The van der Waals surface area contributed by atoms with Gasteiger partial charge in [0.2, 0.25) is 5.78 Å². The van der Waals surface area contributed by atoms with Gasteiger partial charge in [0, 0.05) is 37.7 Å². The summed E-state index contributed by atoms with van der Waals surface area (Å²) in [6.45, 7) is 3.78. The number of nitrogens with two attached hydrogens (primary N) is 1. The van der Waals surface area contributed by atoms with Crippen LogP contribution < -0.4 is 10.6 Å². The van der Waals surface area contributed by atoms with Gasteiger partial charge in [-0.3, -0.25) is 14.4 Å². The molecule has 0 radical (unpaired) electrons. The van der Waals surface area contributed by atoms with Crippen LogP contribution in [0.1, 0.15) is 49.3 Å². The van der Waals surface area contributed by atoms with Crippen LogP contribution in [0.2, 0.25) is 0 Å². The fourth-order valence-electron chi connectivity index (χ4n) is 5.53. The first-order valence-electron chi connectivity index (χ1n) is 10.9. The van der Waals surface area contributed by atoms with Gasteiger partial charge in [0.25, 0.3) is 5.91 Å². The van der Waals surface area contributed by atoms with Crippen molar-refractivity contribution in [2.24, 2.45) is 17.6 Å². The van der Waals surface area contributed by atoms with Crippen molar-refractivity contribution in [3.8, 4) is 5.75 Å². The molecule has 3 aliphatic rings. The lowest BCUT2D eigenvalue weighted by Crippen LogP contribution is -2.58. The largest absolute Gasteiger partial charge is 0.508 e. The minimum Gasteiger partial charge on any atom is -0.508 e. The first-order chi connectivity index (χ1) is 15.3. The quantitative estimate of drug-likeness (QED) is 0.429. The Bertz CT molecular complexity index is 1180. The van der Waals surface area contributed by atoms with Crippen LogP contribution in [-0.4, -0.2) is 57.6 Å². The molecule has 3 aliphatic carbocycles. The predicted octanol–water partition coefficient (Wildman–Crippen LogP) is 1.61. The number of anilines is 1. The number of carbonyl (C=O) groups is 3. The van der Waals surface area contributed by atoms with Crippen LogP contribution >= 0.6 is 0 Å². The average Bonchev–Trinajstić information content (AvgIpc) is 2.70. The van der Waals surface area contributed by atoms with Crippen LogP contribution in [0.4, 0.5) is 5.69 Å². The molecular weight excluding hydrogens is 428 g/mol. The van der Waals surface area contributed by atoms with E-state index < -0.39 is 52.0 Å². The van der Waals surface area contributed by atoms with Crippen LogP contribution in [0.5, 0.6) is 5.75 Å². The zero-order valence-electron chi connectivity index (χ0n) is 19.0. The number of ketones is 2. The zero-order valence-corrected chi connectivity index (χ0v) is 19.0. The topological polar surface area (TPSA) is 161 Å². The molecular formula is C24H28N2O7. The van der Waals surface area contributed by atoms with E-state index in [0.29, 0.717) is 11.1 Å². The fourth-order valence-corrected chi connectivity index (χ4v) is 5.53. The van der Waals surface area contributed by atoms with E-state index in [1.54, 1.807) is 0 Å². The number of hydrogen-bond donors (Lipinski definition) is 5. The maximum atomic E-state index is 13.6. The molecule has 1 aromatic carbocycles. The van der Waals surface area contributed by atoms with Gasteiger partial charge >= 0.3 is 0 Å². The number of phenols is 1. The normalized spacial score (nSPS) is 26.8. The summed E-state index contributed by atoms with van der Waals surface area (Å²) in [5, 5.41) is 44.2. The Balaban J connectivity index is 1.98. The van der Waals surface area contributed by atoms with E-state index >= 15 is 0 Å². The number of phenolic OH excluding ortho intramolecular Hbond substituents is 1. The Labute approximate surface area is 190 Å². The highest BCUT2D eigenvalue weighted by Crippen LogP contribution is 2.53. The summed E-state index contributed by atoms with van der Waals surface area (Å²) in [5.74, 6) is -6.24. The Hall–Kier alpha value is -3.33. The van der Waals surface area contributed by atoms with Gasteiger partial charge in [-0.05, 0) is 41.9 Å². The third kappa shape index (κ3) is 2.98. The Morgan fingerprint density at radius 3 is 2.36 bits per heavy atom. The Kier molecular flexibility index (Phi) is 5.09. The van der Waals surface area contributed by atoms with Gasteiger partial charge in [0.15, 0.2) is 11.4 Å². The highest BCUT2D eigenvalue weighted by Gasteiger charge is 2.60. The lowest BCUT2D eigenvalue weighted by atomic mass is 9.59. The van der Waals surface area contributed by atoms with Gasteiger partial charge in [-0.15, -0.1) is 0 Å². The predicted molar refractivity (Wildman–Crippen MR) is 120 cm³/mol. The molecule has 176 valence electrons. The first-order valence-corrected chi connectivity index (χ1v) is 10.9. The summed E-state index contributed by atoms with van der Waals surface area (Å²) in [7, 11) is 3.68. The van der Waals surface area contributed by atoms with E-state index in [1.165, 1.54) is 0 Å². The monoisotopic (exact) mass is 456 g/mol. The number of hydrogen-bond acceptors (Lipinski definition) is 8. The second kappa shape index (κ2) is 7.34. The summed E-state index contributed by atoms with van der Waals surface area (Å²) >= 11 is 0. The second-order valence-electron chi connectivity index (χ2n) is 9.64. The summed E-state index contributed by atoms with van der Waals surface area (Å²) < 4.78 is 0. The molecule has 9 heteroatoms. The number of fused-ring (bicyclic) bond motifs is 3. The van der Waals surface area contributed by atoms with Crippen LogP contribution in [0.15, 0.2) is 23.0 Å². The summed E-state index contributed by atoms with van der Waals surface area (Å²) in [4.78, 5) is 39.6. The molecule has 0 saturated heterocycles. The highest BCUT2D eigenvalue weighted by atomic mass is 16.3. The lowest BCUT2D eigenvalue weighted by molar-refractivity contribution is -0.147. The standard InChI is InChI=1S/C24H28N2O7/c1-9(2)12-8-14(26(3)4)13-6-10-5-11-7-15(27)18(23(25)32)22(31)24(11,33)21(30)16(10)20(29)17(13)19(12)28/h8-11,28-29,31,33H,5-7H2,1-4H3,(H2,25,32)/t10-,11+,24+/m1/s1. The van der Waals surface area contributed by atoms with Crippen molar-refractivity contribution < 1.29 is 34.8 Å². The fraction of sp³-hybridized carbons (Fsp3) is 0.458. The van der Waals surface area contributed by atoms with Gasteiger partial charge < -0.3 is 31.1 Å². The number of carbonyl (C=O) groups excluding carboxylic acids is 3. The lowest BCUT2D eigenvalue weighted by Gasteiger charge is -2.46. The van der Waals surface area contributed by atoms with Gasteiger partial charge in [-0.2, -0.15) is 0 Å². The number of aromatic hydroxyl groups is 1. The number of Topliss-reactive ketones (excluding diaryl/α,β-unsaturated/α-hetero) is 2. The van der Waals surface area contributed by atoms with Crippen LogP contribution in [0.3, 0.4) is 0 Å². The van der Waals surface area contributed by atoms with E-state index in [0.717, 1.165) is 5.69 Å². The molecule has 0 bridgehead atoms. The number of primary amides is 1. The summed E-state index contributed by atoms with van der Waals surface area (Å²) in [6.07, 6.45) is 0.0658. The van der Waals surface area contributed by atoms with E-state index in [-0.39, 0.29) is 42.1 Å². The van der Waals surface area contributed by atoms with Crippen LogP contribution in [0, 0.1) is 11.8 Å². The molecule has 6 N–H and O–H groups in total. The van der Waals surface area contributed by atoms with Crippen LogP contribution in [0.25, 0.3) is 5.76 Å². The van der Waals surface area contributed by atoms with E-state index in [1.807, 2.05) is 38.9 Å². The number of benzene rings is 1. The number of amides is 1. The number of aliphatic hydroxyl groups is 3. The van der Waals surface area contributed by atoms with Crippen molar-refractivity contribution in [1.82, 2.24) is 0 Å². The van der Waals surface area contributed by atoms with E-state index in [9.17, 15) is 34.8 Å². The molecule has 0 heterocycles. The maximum Gasteiger partial charge on any atom is 0.255 e. The zero-order chi connectivity index (χ0) is 24.6. The Morgan fingerprint density at radius 1 is 1.18 bits per heavy atom.